The van der Waals surface area contributed by atoms with Crippen molar-refractivity contribution in [2.24, 2.45) is 0 Å². The van der Waals surface area contributed by atoms with Gasteiger partial charge in [0.2, 0.25) is 5.91 Å². The van der Waals surface area contributed by atoms with E-state index >= 15 is 0 Å². The van der Waals surface area contributed by atoms with Crippen LogP contribution in [-0.2, 0) is 17.6 Å². The van der Waals surface area contributed by atoms with Gasteiger partial charge in [0.05, 0.1) is 6.54 Å². The summed E-state index contributed by atoms with van der Waals surface area (Å²) in [4.78, 5) is 17.4. The second-order valence-electron chi connectivity index (χ2n) is 5.59. The molecule has 1 aliphatic heterocycles. The van der Waals surface area contributed by atoms with Crippen LogP contribution in [0.3, 0.4) is 0 Å². The smallest absolute Gasteiger partial charge is 0.300 e. The van der Waals surface area contributed by atoms with Gasteiger partial charge in [-0.1, -0.05) is 24.3 Å². The first-order valence-electron chi connectivity index (χ1n) is 7.24. The van der Waals surface area contributed by atoms with Crippen molar-refractivity contribution in [3.8, 4) is 0 Å². The zero-order chi connectivity index (χ0) is 13.9. The zero-order valence-electron chi connectivity index (χ0n) is 11.9. The van der Waals surface area contributed by atoms with Gasteiger partial charge in [-0.25, -0.2) is 6.57 Å². The van der Waals surface area contributed by atoms with E-state index in [9.17, 15) is 4.79 Å². The molecule has 1 amide bonds. The molecule has 0 bridgehead atoms. The highest BCUT2D eigenvalue weighted by molar-refractivity contribution is 5.85. The molecule has 112 valence electrons. The van der Waals surface area contributed by atoms with Gasteiger partial charge in [0.1, 0.15) is 0 Å². The van der Waals surface area contributed by atoms with E-state index in [4.69, 9.17) is 6.57 Å². The van der Waals surface area contributed by atoms with Gasteiger partial charge in [0, 0.05) is 19.0 Å². The van der Waals surface area contributed by atoms with Crippen LogP contribution in [0.2, 0.25) is 0 Å². The number of rotatable bonds is 3. The Kier molecular flexibility index (Phi) is 5.22. The second-order valence-corrected chi connectivity index (χ2v) is 5.59. The third kappa shape index (κ3) is 3.37. The Balaban J connectivity index is 0.00000161. The van der Waals surface area contributed by atoms with E-state index in [1.54, 1.807) is 4.90 Å². The van der Waals surface area contributed by atoms with Crippen molar-refractivity contribution in [3.63, 3.8) is 0 Å². The number of likely N-dealkylation sites (tertiary alicyclic amines) is 1. The minimum atomic E-state index is -0.231. The van der Waals surface area contributed by atoms with Gasteiger partial charge in [-0.15, -0.1) is 12.4 Å². The Bertz CT molecular complexity index is 530. The van der Waals surface area contributed by atoms with Crippen LogP contribution in [0.5, 0.6) is 0 Å². The van der Waals surface area contributed by atoms with Gasteiger partial charge in [-0.2, -0.15) is 0 Å². The number of benzene rings is 1. The number of fused-ring (bicyclic) bond motifs is 1. The normalized spacial score (nSPS) is 20.7. The lowest BCUT2D eigenvalue weighted by Crippen LogP contribution is -2.43. The quantitative estimate of drug-likeness (QED) is 0.868. The monoisotopic (exact) mass is 305 g/mol. The largest absolute Gasteiger partial charge is 0.305 e. The minimum absolute atomic E-state index is 0. The average Bonchev–Trinajstić information content (AvgIpc) is 3.10. The maximum absolute atomic E-state index is 12.2. The van der Waals surface area contributed by atoms with Gasteiger partial charge in [-0.3, -0.25) is 14.5 Å². The molecule has 21 heavy (non-hydrogen) atoms. The van der Waals surface area contributed by atoms with Gasteiger partial charge >= 0.3 is 6.17 Å². The van der Waals surface area contributed by atoms with Crippen LogP contribution in [0, 0.1) is 6.57 Å². The fourth-order valence-corrected chi connectivity index (χ4v) is 3.21. The molecule has 1 aromatic carbocycles. The third-order valence-electron chi connectivity index (χ3n) is 4.28. The van der Waals surface area contributed by atoms with Crippen molar-refractivity contribution in [2.75, 3.05) is 13.1 Å². The lowest BCUT2D eigenvalue weighted by Gasteiger charge is -2.18. The van der Waals surface area contributed by atoms with E-state index in [2.05, 4.69) is 34.4 Å². The van der Waals surface area contributed by atoms with Crippen molar-refractivity contribution < 1.29 is 4.79 Å². The highest BCUT2D eigenvalue weighted by Gasteiger charge is 2.33. The lowest BCUT2D eigenvalue weighted by molar-refractivity contribution is -0.130. The molecule has 0 unspecified atom stereocenters. The summed E-state index contributed by atoms with van der Waals surface area (Å²) in [5.41, 5.74) is 2.77. The molecule has 1 N–H and O–H groups in total. The summed E-state index contributed by atoms with van der Waals surface area (Å²) in [6, 6.07) is 8.81. The van der Waals surface area contributed by atoms with Crippen molar-refractivity contribution in [3.05, 3.63) is 46.8 Å². The Morgan fingerprint density at radius 1 is 1.33 bits per heavy atom. The van der Waals surface area contributed by atoms with Crippen LogP contribution in [0.1, 0.15) is 24.0 Å². The fourth-order valence-electron chi connectivity index (χ4n) is 3.21. The molecule has 2 aliphatic rings. The van der Waals surface area contributed by atoms with E-state index in [1.807, 2.05) is 0 Å². The zero-order valence-corrected chi connectivity index (χ0v) is 12.7. The minimum Gasteiger partial charge on any atom is -0.305 e. The summed E-state index contributed by atoms with van der Waals surface area (Å²) in [7, 11) is 0. The molecule has 0 spiro atoms. The van der Waals surface area contributed by atoms with E-state index in [-0.39, 0.29) is 24.5 Å². The van der Waals surface area contributed by atoms with E-state index in [0.717, 1.165) is 32.2 Å². The molecule has 1 heterocycles. The van der Waals surface area contributed by atoms with Crippen molar-refractivity contribution in [1.82, 2.24) is 10.2 Å². The predicted octanol–water partition coefficient (Wildman–Crippen LogP) is 2.03. The Morgan fingerprint density at radius 3 is 2.62 bits per heavy atom. The number of nitrogens with one attached hydrogen (secondary N) is 1. The van der Waals surface area contributed by atoms with Gasteiger partial charge in [0.15, 0.2) is 0 Å². The molecule has 3 rings (SSSR count). The number of hydrogen-bond donors (Lipinski definition) is 1. The van der Waals surface area contributed by atoms with Crippen molar-refractivity contribution >= 4 is 18.3 Å². The number of nitrogens with zero attached hydrogens (tertiary/aromatic N) is 2. The van der Waals surface area contributed by atoms with Crippen molar-refractivity contribution in [2.45, 2.75) is 37.9 Å². The Morgan fingerprint density at radius 2 is 2.00 bits per heavy atom. The van der Waals surface area contributed by atoms with E-state index < -0.39 is 0 Å². The van der Waals surface area contributed by atoms with Gasteiger partial charge in [-0.05, 0) is 30.4 Å². The maximum Gasteiger partial charge on any atom is 0.300 e. The fraction of sp³-hybridized carbons (Fsp3) is 0.500. The first-order chi connectivity index (χ1) is 9.78. The first kappa shape index (κ1) is 15.8. The SMILES string of the molecule is Cl.[C-]#[N+][C@@H]1CCCN1C(=O)CNC1Cc2ccccc2C1. The molecule has 0 aromatic heterocycles. The Hall–Kier alpha value is -1.57. The second kappa shape index (κ2) is 6.93. The standard InChI is InChI=1S/C16H19N3O.ClH/c1-17-15-7-4-8-19(15)16(20)11-18-14-9-12-5-2-3-6-13(12)10-14;/h2-3,5-6,14-15,18H,4,7-11H2;1H/t15-;/m0./s1. The highest BCUT2D eigenvalue weighted by atomic mass is 35.5. The molecule has 0 saturated carbocycles. The number of carbonyl (C=O) groups excluding carboxylic acids is 1. The summed E-state index contributed by atoms with van der Waals surface area (Å²) in [6.07, 6.45) is 3.54. The predicted molar refractivity (Wildman–Crippen MR) is 84.2 cm³/mol. The van der Waals surface area contributed by atoms with Crippen LogP contribution in [0.25, 0.3) is 4.85 Å². The number of halogens is 1. The third-order valence-corrected chi connectivity index (χ3v) is 4.28. The molecule has 1 aromatic rings. The van der Waals surface area contributed by atoms with Crippen LogP contribution in [-0.4, -0.2) is 36.1 Å². The number of hydrogen-bond acceptors (Lipinski definition) is 2. The topological polar surface area (TPSA) is 36.7 Å². The van der Waals surface area contributed by atoms with Crippen LogP contribution in [0.15, 0.2) is 24.3 Å². The average molecular weight is 306 g/mol. The van der Waals surface area contributed by atoms with Gasteiger partial charge in [0.25, 0.3) is 0 Å². The summed E-state index contributed by atoms with van der Waals surface area (Å²) in [5.74, 6) is 0.0689. The maximum atomic E-state index is 12.2. The van der Waals surface area contributed by atoms with Crippen LogP contribution >= 0.6 is 12.4 Å². The summed E-state index contributed by atoms with van der Waals surface area (Å²) < 4.78 is 0. The summed E-state index contributed by atoms with van der Waals surface area (Å²) in [6.45, 7) is 8.21. The Labute approximate surface area is 131 Å². The molecule has 1 atom stereocenters. The summed E-state index contributed by atoms with van der Waals surface area (Å²) >= 11 is 0. The highest BCUT2D eigenvalue weighted by Crippen LogP contribution is 2.22. The molecule has 5 heteroatoms. The van der Waals surface area contributed by atoms with Crippen molar-refractivity contribution in [1.29, 1.82) is 0 Å². The molecule has 0 radical (unpaired) electrons. The molecule has 1 aliphatic carbocycles. The van der Waals surface area contributed by atoms with Crippen LogP contribution in [0.4, 0.5) is 0 Å². The lowest BCUT2D eigenvalue weighted by atomic mass is 10.1. The molecular formula is C16H20ClN3O. The molecular weight excluding hydrogens is 286 g/mol. The molecule has 1 saturated heterocycles. The van der Waals surface area contributed by atoms with Crippen LogP contribution < -0.4 is 5.32 Å². The number of amides is 1. The first-order valence-corrected chi connectivity index (χ1v) is 7.24. The molecule has 4 nitrogen and oxygen atoms in total. The summed E-state index contributed by atoms with van der Waals surface area (Å²) in [5, 5.41) is 3.36. The molecule has 1 fully saturated rings. The van der Waals surface area contributed by atoms with E-state index in [0.29, 0.717) is 12.6 Å². The van der Waals surface area contributed by atoms with E-state index in [1.165, 1.54) is 11.1 Å². The van der Waals surface area contributed by atoms with Gasteiger partial charge < -0.3 is 5.32 Å². The number of carbonyl (C=O) groups is 1.